The lowest BCUT2D eigenvalue weighted by Gasteiger charge is -2.15. The van der Waals surface area contributed by atoms with E-state index in [1.54, 1.807) is 12.1 Å². The molecule has 0 aliphatic carbocycles. The summed E-state index contributed by atoms with van der Waals surface area (Å²) >= 11 is 6.37. The Morgan fingerprint density at radius 1 is 1.10 bits per heavy atom. The second-order valence-electron chi connectivity index (χ2n) is 6.51. The van der Waals surface area contributed by atoms with Gasteiger partial charge in [0.15, 0.2) is 11.5 Å². The summed E-state index contributed by atoms with van der Waals surface area (Å²) in [7, 11) is 0. The highest BCUT2D eigenvalue weighted by Crippen LogP contribution is 2.36. The van der Waals surface area contributed by atoms with Crippen LogP contribution < -0.4 is 19.6 Å². The van der Waals surface area contributed by atoms with Crippen molar-refractivity contribution in [2.75, 3.05) is 19.8 Å². The van der Waals surface area contributed by atoms with Crippen LogP contribution >= 0.6 is 11.6 Å². The van der Waals surface area contributed by atoms with Crippen LogP contribution in [0.4, 0.5) is 0 Å². The molecule has 1 N–H and O–H groups in total. The molecular formula is C22H27ClN2O4. The first-order valence-electron chi connectivity index (χ1n) is 9.49. The molecule has 0 fully saturated rings. The molecule has 0 saturated carbocycles. The molecule has 2 aromatic rings. The lowest BCUT2D eigenvalue weighted by Crippen LogP contribution is -2.12. The molecule has 2 aromatic carbocycles. The molecule has 0 bridgehead atoms. The summed E-state index contributed by atoms with van der Waals surface area (Å²) in [6, 6.07) is 9.58. The molecule has 0 unspecified atom stereocenters. The third kappa shape index (κ3) is 7.31. The number of nitrogens with zero attached hydrogens (tertiary/aromatic N) is 1. The van der Waals surface area contributed by atoms with Gasteiger partial charge in [-0.05, 0) is 50.1 Å². The van der Waals surface area contributed by atoms with E-state index in [4.69, 9.17) is 25.8 Å². The summed E-state index contributed by atoms with van der Waals surface area (Å²) in [5.74, 6) is 1.64. The molecule has 0 heterocycles. The number of hydrogen-bond donors (Lipinski definition) is 1. The second-order valence-corrected chi connectivity index (χ2v) is 6.92. The predicted molar refractivity (Wildman–Crippen MR) is 116 cm³/mol. The number of nitrogens with one attached hydrogen (secondary N) is 1. The maximum atomic E-state index is 10.9. The molecule has 156 valence electrons. The van der Waals surface area contributed by atoms with Crippen LogP contribution in [0.1, 0.15) is 37.0 Å². The number of ether oxygens (including phenoxy) is 3. The number of halogens is 1. The van der Waals surface area contributed by atoms with Crippen LogP contribution in [0.15, 0.2) is 35.4 Å². The Balaban J connectivity index is 1.94. The van der Waals surface area contributed by atoms with Gasteiger partial charge < -0.3 is 14.2 Å². The first-order valence-corrected chi connectivity index (χ1v) is 9.87. The van der Waals surface area contributed by atoms with Gasteiger partial charge in [0.25, 0.3) is 0 Å². The van der Waals surface area contributed by atoms with Crippen LogP contribution in [-0.4, -0.2) is 31.9 Å². The molecule has 0 aliphatic heterocycles. The van der Waals surface area contributed by atoms with E-state index in [1.807, 2.05) is 26.0 Å². The molecule has 0 radical (unpaired) electrons. The van der Waals surface area contributed by atoms with Crippen molar-refractivity contribution in [3.63, 3.8) is 0 Å². The van der Waals surface area contributed by atoms with Crippen molar-refractivity contribution in [2.45, 2.75) is 34.1 Å². The fraction of sp³-hybridized carbons (Fsp3) is 0.364. The predicted octanol–water partition coefficient (Wildman–Crippen LogP) is 4.67. The van der Waals surface area contributed by atoms with Gasteiger partial charge in [0.2, 0.25) is 5.91 Å². The SMILES string of the molecule is CCOc1cc(/C=N\NC(C)=O)cc(Cl)c1OCCCOc1ccc(C)cc1C. The molecule has 0 saturated heterocycles. The summed E-state index contributed by atoms with van der Waals surface area (Å²) in [6.07, 6.45) is 2.19. The third-order valence-electron chi connectivity index (χ3n) is 3.89. The minimum Gasteiger partial charge on any atom is -0.493 e. The number of carbonyl (C=O) groups excluding carboxylic acids is 1. The van der Waals surface area contributed by atoms with Gasteiger partial charge in [-0.1, -0.05) is 29.3 Å². The average molecular weight is 419 g/mol. The summed E-state index contributed by atoms with van der Waals surface area (Å²) in [6.45, 7) is 8.79. The van der Waals surface area contributed by atoms with Crippen molar-refractivity contribution in [3.8, 4) is 17.2 Å². The smallest absolute Gasteiger partial charge is 0.236 e. The summed E-state index contributed by atoms with van der Waals surface area (Å²) in [4.78, 5) is 10.9. The molecule has 1 amide bonds. The number of hydrogen-bond acceptors (Lipinski definition) is 5. The fourth-order valence-corrected chi connectivity index (χ4v) is 2.91. The Morgan fingerprint density at radius 3 is 2.55 bits per heavy atom. The molecule has 2 rings (SSSR count). The molecule has 7 heteroatoms. The number of amides is 1. The van der Waals surface area contributed by atoms with Crippen molar-refractivity contribution in [1.82, 2.24) is 5.43 Å². The summed E-state index contributed by atoms with van der Waals surface area (Å²) in [5, 5.41) is 4.26. The number of carbonyl (C=O) groups is 1. The van der Waals surface area contributed by atoms with E-state index < -0.39 is 0 Å². The van der Waals surface area contributed by atoms with Gasteiger partial charge in [-0.2, -0.15) is 5.10 Å². The summed E-state index contributed by atoms with van der Waals surface area (Å²) < 4.78 is 17.3. The van der Waals surface area contributed by atoms with Gasteiger partial charge >= 0.3 is 0 Å². The Labute approximate surface area is 176 Å². The highest BCUT2D eigenvalue weighted by Gasteiger charge is 2.12. The van der Waals surface area contributed by atoms with Gasteiger partial charge in [-0.3, -0.25) is 4.79 Å². The number of rotatable bonds is 10. The van der Waals surface area contributed by atoms with Crippen LogP contribution in [0.25, 0.3) is 0 Å². The molecule has 29 heavy (non-hydrogen) atoms. The quantitative estimate of drug-likeness (QED) is 0.345. The van der Waals surface area contributed by atoms with Crippen molar-refractivity contribution in [1.29, 1.82) is 0 Å². The highest BCUT2D eigenvalue weighted by molar-refractivity contribution is 6.32. The maximum Gasteiger partial charge on any atom is 0.236 e. The van der Waals surface area contributed by atoms with Crippen LogP contribution in [0, 0.1) is 13.8 Å². The van der Waals surface area contributed by atoms with Crippen LogP contribution in [0.3, 0.4) is 0 Å². The van der Waals surface area contributed by atoms with E-state index in [-0.39, 0.29) is 5.91 Å². The molecule has 0 aliphatic rings. The van der Waals surface area contributed by atoms with Gasteiger partial charge in [0.05, 0.1) is 31.1 Å². The Kier molecular flexibility index (Phi) is 8.80. The normalized spacial score (nSPS) is 10.8. The van der Waals surface area contributed by atoms with Crippen LogP contribution in [0.2, 0.25) is 5.02 Å². The number of benzene rings is 2. The molecular weight excluding hydrogens is 392 g/mol. The number of aryl methyl sites for hydroxylation is 2. The van der Waals surface area contributed by atoms with E-state index in [0.29, 0.717) is 48.3 Å². The Bertz CT molecular complexity index is 868. The van der Waals surface area contributed by atoms with Gasteiger partial charge in [0, 0.05) is 13.3 Å². The van der Waals surface area contributed by atoms with Gasteiger partial charge in [-0.25, -0.2) is 5.43 Å². The van der Waals surface area contributed by atoms with E-state index in [9.17, 15) is 4.79 Å². The molecule has 6 nitrogen and oxygen atoms in total. The van der Waals surface area contributed by atoms with E-state index in [1.165, 1.54) is 18.7 Å². The largest absolute Gasteiger partial charge is 0.493 e. The molecule has 0 spiro atoms. The van der Waals surface area contributed by atoms with E-state index in [0.717, 1.165) is 11.3 Å². The van der Waals surface area contributed by atoms with E-state index in [2.05, 4.69) is 23.5 Å². The average Bonchev–Trinajstić information content (AvgIpc) is 2.64. The van der Waals surface area contributed by atoms with Gasteiger partial charge in [-0.15, -0.1) is 0 Å². The van der Waals surface area contributed by atoms with Crippen LogP contribution in [0.5, 0.6) is 17.2 Å². The standard InChI is InChI=1S/C22H27ClN2O4/c1-5-27-21-13-18(14-24-25-17(4)26)12-19(23)22(21)29-10-6-9-28-20-8-7-15(2)11-16(20)3/h7-8,11-14H,5-6,9-10H2,1-4H3,(H,25,26)/b24-14-. The Hall–Kier alpha value is -2.73. The zero-order valence-corrected chi connectivity index (χ0v) is 18.0. The third-order valence-corrected chi connectivity index (χ3v) is 4.17. The van der Waals surface area contributed by atoms with Crippen molar-refractivity contribution >= 4 is 23.7 Å². The fourth-order valence-electron chi connectivity index (χ4n) is 2.64. The monoisotopic (exact) mass is 418 g/mol. The topological polar surface area (TPSA) is 69.2 Å². The lowest BCUT2D eigenvalue weighted by atomic mass is 10.1. The lowest BCUT2D eigenvalue weighted by molar-refractivity contribution is -0.118. The number of hydrazone groups is 1. The van der Waals surface area contributed by atoms with Crippen molar-refractivity contribution < 1.29 is 19.0 Å². The van der Waals surface area contributed by atoms with Crippen LogP contribution in [-0.2, 0) is 4.79 Å². The minimum absolute atomic E-state index is 0.250. The van der Waals surface area contributed by atoms with Crippen molar-refractivity contribution in [2.24, 2.45) is 5.10 Å². The highest BCUT2D eigenvalue weighted by atomic mass is 35.5. The van der Waals surface area contributed by atoms with Crippen molar-refractivity contribution in [3.05, 3.63) is 52.0 Å². The molecule has 0 aromatic heterocycles. The Morgan fingerprint density at radius 2 is 1.86 bits per heavy atom. The minimum atomic E-state index is -0.250. The summed E-state index contributed by atoms with van der Waals surface area (Å²) in [5.41, 5.74) is 5.37. The van der Waals surface area contributed by atoms with Gasteiger partial charge in [0.1, 0.15) is 5.75 Å². The zero-order valence-electron chi connectivity index (χ0n) is 17.3. The molecule has 0 atom stereocenters. The zero-order chi connectivity index (χ0) is 21.2. The maximum absolute atomic E-state index is 10.9. The second kappa shape index (κ2) is 11.3. The van der Waals surface area contributed by atoms with E-state index >= 15 is 0 Å². The first kappa shape index (κ1) is 22.6. The first-order chi connectivity index (χ1) is 13.9.